The lowest BCUT2D eigenvalue weighted by atomic mass is 10.4. The van der Waals surface area contributed by atoms with Crippen LogP contribution in [0.15, 0.2) is 17.8 Å². The lowest BCUT2D eigenvalue weighted by Gasteiger charge is -2.00. The van der Waals surface area contributed by atoms with Crippen molar-refractivity contribution in [1.82, 2.24) is 14.8 Å². The molecule has 0 saturated carbocycles. The number of carbonyl (C=O) groups is 1. The number of nitrogens with one attached hydrogen (secondary N) is 1. The summed E-state index contributed by atoms with van der Waals surface area (Å²) in [6, 6.07) is 0. The maximum Gasteiger partial charge on any atom is 0.236 e. The molecule has 0 aromatic carbocycles. The maximum absolute atomic E-state index is 11.6. The van der Waals surface area contributed by atoms with Gasteiger partial charge in [0.2, 0.25) is 5.91 Å². The third kappa shape index (κ3) is 3.85. The van der Waals surface area contributed by atoms with E-state index in [1.165, 1.54) is 11.3 Å². The number of carbonyl (C=O) groups excluding carboxylic acids is 1. The molecular weight excluding hydrogens is 268 g/mol. The van der Waals surface area contributed by atoms with Gasteiger partial charge in [-0.3, -0.25) is 9.48 Å². The fraction of sp³-hybridized carbons (Fsp3) is 0.364. The summed E-state index contributed by atoms with van der Waals surface area (Å²) in [6.07, 6.45) is 3.77. The fourth-order valence-electron chi connectivity index (χ4n) is 1.37. The quantitative estimate of drug-likeness (QED) is 0.912. The minimum Gasteiger partial charge on any atom is -0.301 e. The van der Waals surface area contributed by atoms with Crippen molar-refractivity contribution in [3.8, 4) is 0 Å². The summed E-state index contributed by atoms with van der Waals surface area (Å²) >= 11 is 3.01. The third-order valence-corrected chi connectivity index (χ3v) is 4.00. The first-order chi connectivity index (χ1) is 8.63. The zero-order valence-electron chi connectivity index (χ0n) is 10.2. The van der Waals surface area contributed by atoms with Crippen molar-refractivity contribution in [2.45, 2.75) is 12.7 Å². The van der Waals surface area contributed by atoms with Crippen LogP contribution in [-0.4, -0.2) is 26.4 Å². The minimum atomic E-state index is -0.0155. The van der Waals surface area contributed by atoms with E-state index in [2.05, 4.69) is 15.4 Å². The Morgan fingerprint density at radius 2 is 2.44 bits per heavy atom. The van der Waals surface area contributed by atoms with E-state index >= 15 is 0 Å². The zero-order chi connectivity index (χ0) is 13.0. The van der Waals surface area contributed by atoms with Crippen molar-refractivity contribution in [2.24, 2.45) is 7.05 Å². The van der Waals surface area contributed by atoms with E-state index in [0.717, 1.165) is 17.0 Å². The van der Waals surface area contributed by atoms with Crippen LogP contribution in [0, 0.1) is 6.92 Å². The van der Waals surface area contributed by atoms with Gasteiger partial charge in [0.15, 0.2) is 5.13 Å². The molecule has 2 rings (SSSR count). The largest absolute Gasteiger partial charge is 0.301 e. The molecule has 0 atom stereocenters. The van der Waals surface area contributed by atoms with Gasteiger partial charge < -0.3 is 5.32 Å². The van der Waals surface area contributed by atoms with Gasteiger partial charge in [-0.15, -0.1) is 23.1 Å². The number of rotatable bonds is 5. The van der Waals surface area contributed by atoms with Gasteiger partial charge in [-0.2, -0.15) is 5.10 Å². The van der Waals surface area contributed by atoms with E-state index in [1.54, 1.807) is 16.4 Å². The second-order valence-electron chi connectivity index (χ2n) is 3.86. The van der Waals surface area contributed by atoms with E-state index in [9.17, 15) is 4.79 Å². The van der Waals surface area contributed by atoms with Crippen molar-refractivity contribution >= 4 is 34.1 Å². The van der Waals surface area contributed by atoms with E-state index in [0.29, 0.717) is 10.9 Å². The van der Waals surface area contributed by atoms with Crippen molar-refractivity contribution in [2.75, 3.05) is 11.1 Å². The summed E-state index contributed by atoms with van der Waals surface area (Å²) in [5, 5.41) is 9.44. The van der Waals surface area contributed by atoms with Crippen LogP contribution in [0.4, 0.5) is 5.13 Å². The molecule has 0 aliphatic carbocycles. The fourth-order valence-corrected chi connectivity index (χ4v) is 2.82. The minimum absolute atomic E-state index is 0.0155. The average Bonchev–Trinajstić information content (AvgIpc) is 2.88. The molecule has 96 valence electrons. The Morgan fingerprint density at radius 3 is 3.06 bits per heavy atom. The summed E-state index contributed by atoms with van der Waals surface area (Å²) in [5.41, 5.74) is 2.05. The Hall–Kier alpha value is -1.34. The smallest absolute Gasteiger partial charge is 0.236 e. The molecule has 0 radical (unpaired) electrons. The summed E-state index contributed by atoms with van der Waals surface area (Å²) < 4.78 is 1.76. The summed E-state index contributed by atoms with van der Waals surface area (Å²) in [4.78, 5) is 15.8. The van der Waals surface area contributed by atoms with Crippen LogP contribution < -0.4 is 5.32 Å². The van der Waals surface area contributed by atoms with Gasteiger partial charge in [0, 0.05) is 24.4 Å². The van der Waals surface area contributed by atoms with Crippen LogP contribution in [0.3, 0.4) is 0 Å². The van der Waals surface area contributed by atoms with Gasteiger partial charge in [0.05, 0.1) is 17.6 Å². The third-order valence-electron chi connectivity index (χ3n) is 2.13. The monoisotopic (exact) mass is 282 g/mol. The number of amides is 1. The van der Waals surface area contributed by atoms with Gasteiger partial charge in [0.1, 0.15) is 0 Å². The van der Waals surface area contributed by atoms with E-state index in [-0.39, 0.29) is 5.91 Å². The van der Waals surface area contributed by atoms with Gasteiger partial charge >= 0.3 is 0 Å². The molecular formula is C11H14N4OS2. The lowest BCUT2D eigenvalue weighted by molar-refractivity contribution is -0.113. The number of aromatic nitrogens is 3. The number of aryl methyl sites for hydroxylation is 2. The number of hydrogen-bond donors (Lipinski definition) is 1. The summed E-state index contributed by atoms with van der Waals surface area (Å²) in [7, 11) is 1.88. The first-order valence-corrected chi connectivity index (χ1v) is 7.44. The maximum atomic E-state index is 11.6. The molecule has 0 aliphatic rings. The van der Waals surface area contributed by atoms with Gasteiger partial charge in [-0.25, -0.2) is 4.98 Å². The number of hydrogen-bond acceptors (Lipinski definition) is 5. The molecule has 1 amide bonds. The van der Waals surface area contributed by atoms with Gasteiger partial charge in [-0.05, 0) is 12.5 Å². The first kappa shape index (κ1) is 13.1. The Labute approximate surface area is 114 Å². The number of thioether (sulfide) groups is 1. The zero-order valence-corrected chi connectivity index (χ0v) is 11.8. The topological polar surface area (TPSA) is 59.8 Å². The molecule has 7 heteroatoms. The Morgan fingerprint density at radius 1 is 1.61 bits per heavy atom. The number of nitrogens with zero attached hydrogens (tertiary/aromatic N) is 3. The highest BCUT2D eigenvalue weighted by molar-refractivity contribution is 7.99. The van der Waals surface area contributed by atoms with Crippen LogP contribution in [-0.2, 0) is 17.6 Å². The molecule has 2 heterocycles. The summed E-state index contributed by atoms with van der Waals surface area (Å²) in [5.74, 6) is 1.20. The van der Waals surface area contributed by atoms with Crippen molar-refractivity contribution in [3.63, 3.8) is 0 Å². The number of thiazole rings is 1. The van der Waals surface area contributed by atoms with Crippen LogP contribution in [0.25, 0.3) is 0 Å². The Kier molecular flexibility index (Phi) is 4.38. The highest BCUT2D eigenvalue weighted by atomic mass is 32.2. The Balaban J connectivity index is 1.72. The molecule has 1 N–H and O–H groups in total. The highest BCUT2D eigenvalue weighted by Gasteiger charge is 2.06. The van der Waals surface area contributed by atoms with E-state index < -0.39 is 0 Å². The molecule has 18 heavy (non-hydrogen) atoms. The summed E-state index contributed by atoms with van der Waals surface area (Å²) in [6.45, 7) is 1.91. The predicted molar refractivity (Wildman–Crippen MR) is 74.9 cm³/mol. The van der Waals surface area contributed by atoms with Gasteiger partial charge in [0.25, 0.3) is 0 Å². The van der Waals surface area contributed by atoms with E-state index in [1.807, 2.05) is 31.7 Å². The van der Waals surface area contributed by atoms with Gasteiger partial charge in [-0.1, -0.05) is 0 Å². The molecule has 0 saturated heterocycles. The SMILES string of the molecule is Cc1csc(NC(=O)CSCc2cnn(C)c2)n1. The Bertz CT molecular complexity index is 535. The molecule has 0 spiro atoms. The second kappa shape index (κ2) is 6.01. The molecule has 0 aliphatic heterocycles. The number of anilines is 1. The molecule has 0 bridgehead atoms. The van der Waals surface area contributed by atoms with Crippen LogP contribution in [0.5, 0.6) is 0 Å². The average molecular weight is 282 g/mol. The van der Waals surface area contributed by atoms with Crippen LogP contribution in [0.1, 0.15) is 11.3 Å². The van der Waals surface area contributed by atoms with Crippen molar-refractivity contribution in [1.29, 1.82) is 0 Å². The molecule has 2 aromatic heterocycles. The second-order valence-corrected chi connectivity index (χ2v) is 5.70. The molecule has 5 nitrogen and oxygen atoms in total. The normalized spacial score (nSPS) is 10.6. The first-order valence-electron chi connectivity index (χ1n) is 5.41. The molecule has 0 unspecified atom stereocenters. The van der Waals surface area contributed by atoms with Crippen LogP contribution in [0.2, 0.25) is 0 Å². The highest BCUT2D eigenvalue weighted by Crippen LogP contribution is 2.16. The predicted octanol–water partition coefficient (Wildman–Crippen LogP) is 2.06. The van der Waals surface area contributed by atoms with E-state index in [4.69, 9.17) is 0 Å². The van der Waals surface area contributed by atoms with Crippen LogP contribution >= 0.6 is 23.1 Å². The standard InChI is InChI=1S/C11H14N4OS2/c1-8-5-18-11(13-8)14-10(16)7-17-6-9-3-12-15(2)4-9/h3-5H,6-7H2,1-2H3,(H,13,14,16). The van der Waals surface area contributed by atoms with Crippen molar-refractivity contribution in [3.05, 3.63) is 29.0 Å². The molecule has 0 fully saturated rings. The lowest BCUT2D eigenvalue weighted by Crippen LogP contribution is -2.13. The van der Waals surface area contributed by atoms with Crippen molar-refractivity contribution < 1.29 is 4.79 Å². The molecule has 2 aromatic rings.